The van der Waals surface area contributed by atoms with Crippen LogP contribution >= 0.6 is 0 Å². The largest absolute Gasteiger partial charge is 0.454 e. The Morgan fingerprint density at radius 2 is 1.86 bits per heavy atom. The summed E-state index contributed by atoms with van der Waals surface area (Å²) in [7, 11) is 0. The van der Waals surface area contributed by atoms with Gasteiger partial charge in [-0.25, -0.2) is 0 Å². The Kier molecular flexibility index (Phi) is 5.20. The molecule has 1 atom stereocenters. The van der Waals surface area contributed by atoms with Crippen LogP contribution in [0.3, 0.4) is 0 Å². The highest BCUT2D eigenvalue weighted by atomic mass is 16.5. The number of ether oxygens (including phenoxy) is 1. The predicted molar refractivity (Wildman–Crippen MR) is 106 cm³/mol. The molecule has 1 N–H and O–H groups in total. The minimum atomic E-state index is -0.885. The first-order chi connectivity index (χ1) is 14.1. The summed E-state index contributed by atoms with van der Waals surface area (Å²) in [6, 6.07) is 16.9. The van der Waals surface area contributed by atoms with Crippen LogP contribution in [0.4, 0.5) is 0 Å². The van der Waals surface area contributed by atoms with Crippen molar-refractivity contribution in [2.45, 2.75) is 25.9 Å². The van der Waals surface area contributed by atoms with Gasteiger partial charge in [0.2, 0.25) is 17.5 Å². The number of hydrogen-bond acceptors (Lipinski definition) is 6. The lowest BCUT2D eigenvalue weighted by Gasteiger charge is -2.11. The fourth-order valence-electron chi connectivity index (χ4n) is 3.07. The molecule has 2 heterocycles. The molecule has 146 valence electrons. The second kappa shape index (κ2) is 8.10. The van der Waals surface area contributed by atoms with E-state index >= 15 is 0 Å². The van der Waals surface area contributed by atoms with Gasteiger partial charge in [0, 0.05) is 34.6 Å². The molecule has 0 aliphatic carbocycles. The van der Waals surface area contributed by atoms with E-state index < -0.39 is 12.1 Å². The zero-order valence-electron chi connectivity index (χ0n) is 15.8. The van der Waals surface area contributed by atoms with Gasteiger partial charge in [0.25, 0.3) is 0 Å². The number of nitrogens with one attached hydrogen (secondary N) is 1. The lowest BCUT2D eigenvalue weighted by Crippen LogP contribution is -2.24. The molecule has 7 nitrogen and oxygen atoms in total. The summed E-state index contributed by atoms with van der Waals surface area (Å²) in [5.41, 5.74) is 2.20. The highest BCUT2D eigenvalue weighted by Crippen LogP contribution is 2.20. The molecule has 0 saturated heterocycles. The quantitative estimate of drug-likeness (QED) is 0.379. The van der Waals surface area contributed by atoms with Crippen LogP contribution in [0, 0.1) is 0 Å². The lowest BCUT2D eigenvalue weighted by atomic mass is 10.1. The third-order valence-corrected chi connectivity index (χ3v) is 4.58. The normalized spacial score (nSPS) is 12.0. The monoisotopic (exact) mass is 389 g/mol. The van der Waals surface area contributed by atoms with Crippen molar-refractivity contribution < 1.29 is 18.8 Å². The zero-order valence-corrected chi connectivity index (χ0v) is 15.8. The standard InChI is InChI=1S/C22H19N3O4/c1-14(21(27)17-13-23-18-10-6-5-9-16(17)18)28-20(26)12-11-19-24-22(25-29-19)15-7-3-2-4-8-15/h2-10,13-14,23H,11-12H2,1H3. The Morgan fingerprint density at radius 1 is 1.10 bits per heavy atom. The number of ketones is 1. The first-order valence-electron chi connectivity index (χ1n) is 9.29. The Labute approximate surface area is 166 Å². The molecule has 29 heavy (non-hydrogen) atoms. The van der Waals surface area contributed by atoms with E-state index in [0.717, 1.165) is 16.5 Å². The number of H-pyrrole nitrogens is 1. The first kappa shape index (κ1) is 18.6. The van der Waals surface area contributed by atoms with Crippen molar-refractivity contribution in [2.24, 2.45) is 0 Å². The average molecular weight is 389 g/mol. The van der Waals surface area contributed by atoms with Gasteiger partial charge in [0.05, 0.1) is 6.42 Å². The summed E-state index contributed by atoms with van der Waals surface area (Å²) in [6.45, 7) is 1.57. The van der Waals surface area contributed by atoms with Crippen molar-refractivity contribution >= 4 is 22.7 Å². The first-order valence-corrected chi connectivity index (χ1v) is 9.29. The molecule has 0 aliphatic heterocycles. The average Bonchev–Trinajstić information content (AvgIpc) is 3.39. The Morgan fingerprint density at radius 3 is 2.69 bits per heavy atom. The van der Waals surface area contributed by atoms with E-state index in [1.54, 1.807) is 13.1 Å². The van der Waals surface area contributed by atoms with Crippen LogP contribution < -0.4 is 0 Å². The highest BCUT2D eigenvalue weighted by molar-refractivity contribution is 6.10. The molecule has 0 spiro atoms. The molecular weight excluding hydrogens is 370 g/mol. The minimum absolute atomic E-state index is 0.0436. The molecule has 0 bridgehead atoms. The van der Waals surface area contributed by atoms with Gasteiger partial charge in [-0.1, -0.05) is 53.7 Å². The number of aromatic nitrogens is 3. The fourth-order valence-corrected chi connectivity index (χ4v) is 3.07. The van der Waals surface area contributed by atoms with Crippen LogP contribution in [0.1, 0.15) is 29.6 Å². The third-order valence-electron chi connectivity index (χ3n) is 4.58. The smallest absolute Gasteiger partial charge is 0.307 e. The van der Waals surface area contributed by atoms with Crippen molar-refractivity contribution in [3.05, 3.63) is 72.2 Å². The Hall–Kier alpha value is -3.74. The molecule has 0 amide bonds. The number of nitrogens with zero attached hydrogens (tertiary/aromatic N) is 2. The van der Waals surface area contributed by atoms with Gasteiger partial charge >= 0.3 is 5.97 Å². The molecule has 1 unspecified atom stereocenters. The highest BCUT2D eigenvalue weighted by Gasteiger charge is 2.22. The third kappa shape index (κ3) is 4.08. The predicted octanol–water partition coefficient (Wildman–Crippen LogP) is 3.97. The summed E-state index contributed by atoms with van der Waals surface area (Å²) in [4.78, 5) is 32.2. The summed E-state index contributed by atoms with van der Waals surface area (Å²) in [6.07, 6.45) is 1.04. The maximum atomic E-state index is 12.7. The van der Waals surface area contributed by atoms with E-state index in [-0.39, 0.29) is 18.6 Å². The van der Waals surface area contributed by atoms with Crippen molar-refractivity contribution in [1.29, 1.82) is 0 Å². The lowest BCUT2D eigenvalue weighted by molar-refractivity contribution is -0.146. The molecule has 0 saturated carbocycles. The molecule has 2 aromatic heterocycles. The molecule has 4 aromatic rings. The second-order valence-electron chi connectivity index (χ2n) is 6.62. The van der Waals surface area contributed by atoms with Gasteiger partial charge in [-0.3, -0.25) is 9.59 Å². The maximum Gasteiger partial charge on any atom is 0.307 e. The SMILES string of the molecule is CC(OC(=O)CCc1nc(-c2ccccc2)no1)C(=O)c1c[nH]c2ccccc12. The van der Waals surface area contributed by atoms with Crippen molar-refractivity contribution in [2.75, 3.05) is 0 Å². The summed E-state index contributed by atoms with van der Waals surface area (Å²) in [5, 5.41) is 4.73. The number of aryl methyl sites for hydroxylation is 1. The van der Waals surface area contributed by atoms with E-state index in [1.807, 2.05) is 54.6 Å². The Bertz CT molecular complexity index is 1150. The molecular formula is C22H19N3O4. The minimum Gasteiger partial charge on any atom is -0.454 e. The van der Waals surface area contributed by atoms with Crippen LogP contribution in [0.2, 0.25) is 0 Å². The number of benzene rings is 2. The van der Waals surface area contributed by atoms with Crippen LogP contribution in [-0.2, 0) is 16.0 Å². The van der Waals surface area contributed by atoms with E-state index in [0.29, 0.717) is 17.3 Å². The van der Waals surface area contributed by atoms with Crippen LogP contribution in [0.5, 0.6) is 0 Å². The van der Waals surface area contributed by atoms with Crippen molar-refractivity contribution in [1.82, 2.24) is 15.1 Å². The number of esters is 1. The number of para-hydroxylation sites is 1. The van der Waals surface area contributed by atoms with Gasteiger partial charge < -0.3 is 14.2 Å². The number of carbonyl (C=O) groups is 2. The van der Waals surface area contributed by atoms with Gasteiger partial charge in [0.1, 0.15) is 0 Å². The van der Waals surface area contributed by atoms with Crippen LogP contribution in [0.25, 0.3) is 22.3 Å². The molecule has 0 radical (unpaired) electrons. The fraction of sp³-hybridized carbons (Fsp3) is 0.182. The maximum absolute atomic E-state index is 12.7. The topological polar surface area (TPSA) is 98.1 Å². The summed E-state index contributed by atoms with van der Waals surface area (Å²) in [5.74, 6) is 0.0679. The van der Waals surface area contributed by atoms with Gasteiger partial charge in [-0.05, 0) is 13.0 Å². The number of aromatic amines is 1. The number of carbonyl (C=O) groups excluding carboxylic acids is 2. The zero-order chi connectivity index (χ0) is 20.2. The summed E-state index contributed by atoms with van der Waals surface area (Å²) >= 11 is 0. The molecule has 7 heteroatoms. The van der Waals surface area contributed by atoms with Crippen LogP contribution in [-0.4, -0.2) is 33.0 Å². The van der Waals surface area contributed by atoms with Crippen molar-refractivity contribution in [3.63, 3.8) is 0 Å². The number of rotatable bonds is 7. The number of hydrogen-bond donors (Lipinski definition) is 1. The number of Topliss-reactive ketones (excluding diaryl/α,β-unsaturated/α-hetero) is 1. The van der Waals surface area contributed by atoms with E-state index in [9.17, 15) is 9.59 Å². The molecule has 4 rings (SSSR count). The van der Waals surface area contributed by atoms with Crippen LogP contribution in [0.15, 0.2) is 65.3 Å². The van der Waals surface area contributed by atoms with Gasteiger partial charge in [-0.15, -0.1) is 0 Å². The van der Waals surface area contributed by atoms with E-state index in [2.05, 4.69) is 15.1 Å². The van der Waals surface area contributed by atoms with E-state index in [4.69, 9.17) is 9.26 Å². The van der Waals surface area contributed by atoms with Crippen molar-refractivity contribution in [3.8, 4) is 11.4 Å². The van der Waals surface area contributed by atoms with Gasteiger partial charge in [0.15, 0.2) is 6.10 Å². The Balaban J connectivity index is 1.34. The molecule has 0 aliphatic rings. The second-order valence-corrected chi connectivity index (χ2v) is 6.62. The number of fused-ring (bicyclic) bond motifs is 1. The van der Waals surface area contributed by atoms with Gasteiger partial charge in [-0.2, -0.15) is 4.98 Å². The molecule has 0 fully saturated rings. The van der Waals surface area contributed by atoms with E-state index in [1.165, 1.54) is 0 Å². The molecule has 2 aromatic carbocycles. The summed E-state index contributed by atoms with van der Waals surface area (Å²) < 4.78 is 10.5.